The molecule has 0 spiro atoms. The minimum atomic E-state index is -0.405. The third kappa shape index (κ3) is 2.30. The first-order valence-corrected chi connectivity index (χ1v) is 6.63. The van der Waals surface area contributed by atoms with Crippen LogP contribution >= 0.6 is 15.9 Å². The first kappa shape index (κ1) is 12.8. The van der Waals surface area contributed by atoms with Gasteiger partial charge in [-0.1, -0.05) is 12.1 Å². The van der Waals surface area contributed by atoms with Crippen LogP contribution in [0.3, 0.4) is 0 Å². The van der Waals surface area contributed by atoms with Gasteiger partial charge >= 0.3 is 0 Å². The lowest BCUT2D eigenvalue weighted by Gasteiger charge is -2.07. The summed E-state index contributed by atoms with van der Waals surface area (Å²) in [5.41, 5.74) is 1.75. The second-order valence-electron chi connectivity index (χ2n) is 4.22. The quantitative estimate of drug-likeness (QED) is 0.750. The normalized spacial score (nSPS) is 10.7. The minimum Gasteiger partial charge on any atom is -0.320 e. The van der Waals surface area contributed by atoms with E-state index in [1.54, 1.807) is 12.3 Å². The molecule has 0 radical (unpaired) electrons. The van der Waals surface area contributed by atoms with Crippen LogP contribution in [0.2, 0.25) is 0 Å². The number of carbonyl (C=O) groups is 1. The molecule has 0 aliphatic heterocycles. The fourth-order valence-electron chi connectivity index (χ4n) is 1.90. The maximum Gasteiger partial charge on any atom is 0.255 e. The van der Waals surface area contributed by atoms with Gasteiger partial charge in [0.25, 0.3) is 5.91 Å². The van der Waals surface area contributed by atoms with E-state index in [0.29, 0.717) is 11.3 Å². The van der Waals surface area contributed by atoms with Gasteiger partial charge in [0.15, 0.2) is 0 Å². The van der Waals surface area contributed by atoms with Crippen molar-refractivity contribution >= 4 is 38.4 Å². The van der Waals surface area contributed by atoms with Crippen LogP contribution in [0.1, 0.15) is 10.4 Å². The van der Waals surface area contributed by atoms with Gasteiger partial charge in [-0.2, -0.15) is 5.10 Å². The average Bonchev–Trinajstić information content (AvgIpc) is 2.91. The number of aromatic nitrogens is 2. The van der Waals surface area contributed by atoms with E-state index in [9.17, 15) is 9.18 Å². The molecule has 2 N–H and O–H groups in total. The van der Waals surface area contributed by atoms with Crippen molar-refractivity contribution in [2.45, 2.75) is 0 Å². The van der Waals surface area contributed by atoms with Crippen LogP contribution in [0.4, 0.5) is 10.1 Å². The maximum absolute atomic E-state index is 13.2. The molecule has 0 fully saturated rings. The maximum atomic E-state index is 13.2. The Morgan fingerprint density at radius 3 is 2.95 bits per heavy atom. The molecule has 20 heavy (non-hydrogen) atoms. The van der Waals surface area contributed by atoms with Gasteiger partial charge in [0.05, 0.1) is 21.9 Å². The first-order valence-electron chi connectivity index (χ1n) is 5.83. The summed E-state index contributed by atoms with van der Waals surface area (Å²) >= 11 is 3.06. The molecule has 6 heteroatoms. The highest BCUT2D eigenvalue weighted by atomic mass is 79.9. The van der Waals surface area contributed by atoms with Crippen LogP contribution < -0.4 is 5.32 Å². The molecular formula is C14H9BrFN3O. The van der Waals surface area contributed by atoms with Gasteiger partial charge < -0.3 is 5.32 Å². The summed E-state index contributed by atoms with van der Waals surface area (Å²) in [4.78, 5) is 12.2. The van der Waals surface area contributed by atoms with Gasteiger partial charge in [-0.05, 0) is 40.2 Å². The number of halogens is 2. The molecule has 3 rings (SSSR count). The Hall–Kier alpha value is -2.21. The van der Waals surface area contributed by atoms with E-state index < -0.39 is 5.82 Å². The molecule has 1 amide bonds. The molecule has 2 aromatic carbocycles. The Labute approximate surface area is 122 Å². The summed E-state index contributed by atoms with van der Waals surface area (Å²) in [6, 6.07) is 9.62. The predicted molar refractivity (Wildman–Crippen MR) is 78.1 cm³/mol. The zero-order chi connectivity index (χ0) is 14.1. The second kappa shape index (κ2) is 5.05. The van der Waals surface area contributed by atoms with Crippen molar-refractivity contribution in [3.63, 3.8) is 0 Å². The van der Waals surface area contributed by atoms with Crippen molar-refractivity contribution in [2.75, 3.05) is 5.32 Å². The molecule has 4 nitrogen and oxygen atoms in total. The summed E-state index contributed by atoms with van der Waals surface area (Å²) in [5, 5.41) is 10.5. The first-order chi connectivity index (χ1) is 9.65. The Kier molecular flexibility index (Phi) is 3.23. The zero-order valence-electron chi connectivity index (χ0n) is 10.2. The van der Waals surface area contributed by atoms with E-state index in [0.717, 1.165) is 10.9 Å². The van der Waals surface area contributed by atoms with E-state index in [1.165, 1.54) is 18.2 Å². The summed E-state index contributed by atoms with van der Waals surface area (Å²) in [5.74, 6) is -0.718. The molecule has 0 aliphatic carbocycles. The number of carbonyl (C=O) groups excluding carboxylic acids is 1. The molecule has 1 aromatic heterocycles. The molecule has 0 bridgehead atoms. The zero-order valence-corrected chi connectivity index (χ0v) is 11.7. The standard InChI is InChI=1S/C14H9BrFN3O/c15-10-6-8(4-5-11(10)16)14(20)18-12-3-1-2-9-7-17-19-13(9)12/h1-7H,(H,17,19)(H,18,20). The number of para-hydroxylation sites is 1. The lowest BCUT2D eigenvalue weighted by molar-refractivity contribution is 0.102. The predicted octanol–water partition coefficient (Wildman–Crippen LogP) is 3.72. The number of benzene rings is 2. The summed E-state index contributed by atoms with van der Waals surface area (Å²) in [7, 11) is 0. The Bertz CT molecular complexity index is 800. The number of nitrogens with zero attached hydrogens (tertiary/aromatic N) is 1. The van der Waals surface area contributed by atoms with Gasteiger partial charge in [-0.25, -0.2) is 4.39 Å². The lowest BCUT2D eigenvalue weighted by atomic mass is 10.2. The highest BCUT2D eigenvalue weighted by Gasteiger charge is 2.11. The van der Waals surface area contributed by atoms with Gasteiger partial charge in [-0.15, -0.1) is 0 Å². The molecule has 0 aliphatic rings. The van der Waals surface area contributed by atoms with Crippen molar-refractivity contribution in [3.05, 3.63) is 58.4 Å². The van der Waals surface area contributed by atoms with Crippen LogP contribution in [0, 0.1) is 5.82 Å². The SMILES string of the molecule is O=C(Nc1cccc2cn[nH]c12)c1ccc(F)c(Br)c1. The Balaban J connectivity index is 1.92. The highest BCUT2D eigenvalue weighted by Crippen LogP contribution is 2.22. The van der Waals surface area contributed by atoms with Gasteiger partial charge in [0.2, 0.25) is 0 Å². The topological polar surface area (TPSA) is 57.8 Å². The third-order valence-corrected chi connectivity index (χ3v) is 3.51. The van der Waals surface area contributed by atoms with Crippen molar-refractivity contribution in [1.82, 2.24) is 10.2 Å². The summed E-state index contributed by atoms with van der Waals surface area (Å²) in [6.45, 7) is 0. The number of fused-ring (bicyclic) bond motifs is 1. The number of amides is 1. The van der Waals surface area contributed by atoms with Crippen LogP contribution in [0.25, 0.3) is 10.9 Å². The fourth-order valence-corrected chi connectivity index (χ4v) is 2.28. The van der Waals surface area contributed by atoms with E-state index in [-0.39, 0.29) is 10.4 Å². The van der Waals surface area contributed by atoms with Gasteiger partial charge in [-0.3, -0.25) is 9.89 Å². The second-order valence-corrected chi connectivity index (χ2v) is 5.08. The number of rotatable bonds is 2. The van der Waals surface area contributed by atoms with E-state index in [1.807, 2.05) is 12.1 Å². The van der Waals surface area contributed by atoms with Gasteiger partial charge in [0.1, 0.15) is 5.82 Å². The molecule has 0 atom stereocenters. The van der Waals surface area contributed by atoms with Gasteiger partial charge in [0, 0.05) is 10.9 Å². The molecular weight excluding hydrogens is 325 g/mol. The van der Waals surface area contributed by atoms with E-state index >= 15 is 0 Å². The molecule has 3 aromatic rings. The smallest absolute Gasteiger partial charge is 0.255 e. The largest absolute Gasteiger partial charge is 0.320 e. The summed E-state index contributed by atoms with van der Waals surface area (Å²) < 4.78 is 13.4. The van der Waals surface area contributed by atoms with E-state index in [4.69, 9.17) is 0 Å². The Morgan fingerprint density at radius 1 is 1.30 bits per heavy atom. The lowest BCUT2D eigenvalue weighted by Crippen LogP contribution is -2.12. The number of hydrogen-bond acceptors (Lipinski definition) is 2. The van der Waals surface area contributed by atoms with Crippen LogP contribution in [-0.2, 0) is 0 Å². The van der Waals surface area contributed by atoms with Crippen molar-refractivity contribution in [3.8, 4) is 0 Å². The average molecular weight is 334 g/mol. The monoisotopic (exact) mass is 333 g/mol. The Morgan fingerprint density at radius 2 is 2.15 bits per heavy atom. The molecule has 0 saturated heterocycles. The van der Waals surface area contributed by atoms with Crippen LogP contribution in [0.5, 0.6) is 0 Å². The third-order valence-electron chi connectivity index (χ3n) is 2.91. The molecule has 0 saturated carbocycles. The van der Waals surface area contributed by atoms with Crippen molar-refractivity contribution in [1.29, 1.82) is 0 Å². The number of hydrogen-bond donors (Lipinski definition) is 2. The number of aromatic amines is 1. The minimum absolute atomic E-state index is 0.255. The van der Waals surface area contributed by atoms with Crippen molar-refractivity contribution < 1.29 is 9.18 Å². The highest BCUT2D eigenvalue weighted by molar-refractivity contribution is 9.10. The fraction of sp³-hybridized carbons (Fsp3) is 0. The molecule has 100 valence electrons. The van der Waals surface area contributed by atoms with Crippen molar-refractivity contribution in [2.24, 2.45) is 0 Å². The number of nitrogens with one attached hydrogen (secondary N) is 2. The number of H-pyrrole nitrogens is 1. The van der Waals surface area contributed by atoms with E-state index in [2.05, 4.69) is 31.4 Å². The molecule has 0 unspecified atom stereocenters. The summed E-state index contributed by atoms with van der Waals surface area (Å²) in [6.07, 6.45) is 1.68. The number of anilines is 1. The molecule has 1 heterocycles. The van der Waals surface area contributed by atoms with Crippen LogP contribution in [0.15, 0.2) is 47.1 Å². The van der Waals surface area contributed by atoms with Crippen LogP contribution in [-0.4, -0.2) is 16.1 Å².